The highest BCUT2D eigenvalue weighted by molar-refractivity contribution is 6.31. The van der Waals surface area contributed by atoms with E-state index in [4.69, 9.17) is 11.6 Å². The van der Waals surface area contributed by atoms with Gasteiger partial charge < -0.3 is 5.32 Å². The second-order valence-corrected chi connectivity index (χ2v) is 4.88. The highest BCUT2D eigenvalue weighted by atomic mass is 35.5. The molecule has 0 aliphatic rings. The maximum atomic E-state index is 6.17. The first-order valence-electron chi connectivity index (χ1n) is 6.12. The van der Waals surface area contributed by atoms with Crippen LogP contribution in [0.15, 0.2) is 36.7 Å². The van der Waals surface area contributed by atoms with Crippen molar-refractivity contribution in [2.24, 2.45) is 7.05 Å². The smallest absolute Gasteiger partial charge is 0.0522 e. The molecule has 0 aliphatic heterocycles. The standard InChI is InChI=1S/C14H18ClN3/c1-11(13-5-3-4-6-14(13)15)16-8-7-12-9-17-18(2)10-12/h3-6,9-11,16H,7-8H2,1-2H3/t11-/m0/s1. The average molecular weight is 264 g/mol. The summed E-state index contributed by atoms with van der Waals surface area (Å²) in [5.41, 5.74) is 2.39. The summed E-state index contributed by atoms with van der Waals surface area (Å²) in [5.74, 6) is 0. The lowest BCUT2D eigenvalue weighted by Gasteiger charge is -2.15. The molecule has 1 N–H and O–H groups in total. The van der Waals surface area contributed by atoms with E-state index in [2.05, 4.69) is 23.4 Å². The van der Waals surface area contributed by atoms with Crippen LogP contribution < -0.4 is 5.32 Å². The number of aromatic nitrogens is 2. The molecule has 0 unspecified atom stereocenters. The van der Waals surface area contributed by atoms with Crippen molar-refractivity contribution in [3.63, 3.8) is 0 Å². The number of halogens is 1. The fourth-order valence-electron chi connectivity index (χ4n) is 1.97. The van der Waals surface area contributed by atoms with Gasteiger partial charge in [-0.3, -0.25) is 4.68 Å². The molecule has 96 valence electrons. The van der Waals surface area contributed by atoms with Crippen LogP contribution in [0.25, 0.3) is 0 Å². The zero-order valence-electron chi connectivity index (χ0n) is 10.7. The van der Waals surface area contributed by atoms with Crippen molar-refractivity contribution in [3.8, 4) is 0 Å². The molecule has 0 spiro atoms. The second kappa shape index (κ2) is 6.03. The lowest BCUT2D eigenvalue weighted by Crippen LogP contribution is -2.21. The zero-order chi connectivity index (χ0) is 13.0. The first kappa shape index (κ1) is 13.1. The van der Waals surface area contributed by atoms with Crippen molar-refractivity contribution in [1.29, 1.82) is 0 Å². The van der Waals surface area contributed by atoms with Crippen molar-refractivity contribution in [3.05, 3.63) is 52.8 Å². The predicted molar refractivity (Wildman–Crippen MR) is 74.8 cm³/mol. The van der Waals surface area contributed by atoms with Crippen LogP contribution in [0.3, 0.4) is 0 Å². The molecule has 0 fully saturated rings. The minimum absolute atomic E-state index is 0.260. The van der Waals surface area contributed by atoms with Crippen LogP contribution in [0.1, 0.15) is 24.1 Å². The Balaban J connectivity index is 1.85. The number of nitrogens with one attached hydrogen (secondary N) is 1. The number of hydrogen-bond acceptors (Lipinski definition) is 2. The summed E-state index contributed by atoms with van der Waals surface area (Å²) in [5, 5.41) is 8.45. The Labute approximate surface area is 113 Å². The third-order valence-corrected chi connectivity index (χ3v) is 3.34. The van der Waals surface area contributed by atoms with E-state index in [0.29, 0.717) is 0 Å². The van der Waals surface area contributed by atoms with E-state index >= 15 is 0 Å². The van der Waals surface area contributed by atoms with Gasteiger partial charge >= 0.3 is 0 Å². The van der Waals surface area contributed by atoms with Gasteiger partial charge in [0.25, 0.3) is 0 Å². The number of nitrogens with zero attached hydrogens (tertiary/aromatic N) is 2. The van der Waals surface area contributed by atoms with Crippen LogP contribution in [0.5, 0.6) is 0 Å². The topological polar surface area (TPSA) is 29.9 Å². The third kappa shape index (κ3) is 3.34. The molecule has 0 bridgehead atoms. The Bertz CT molecular complexity index is 507. The van der Waals surface area contributed by atoms with Gasteiger partial charge in [-0.15, -0.1) is 0 Å². The molecule has 4 heteroatoms. The van der Waals surface area contributed by atoms with Gasteiger partial charge in [-0.05, 0) is 37.1 Å². The van der Waals surface area contributed by atoms with Crippen molar-refractivity contribution in [1.82, 2.24) is 15.1 Å². The Morgan fingerprint density at radius 1 is 1.39 bits per heavy atom. The minimum atomic E-state index is 0.260. The van der Waals surface area contributed by atoms with Crippen molar-refractivity contribution in [2.45, 2.75) is 19.4 Å². The van der Waals surface area contributed by atoms with Crippen molar-refractivity contribution >= 4 is 11.6 Å². The van der Waals surface area contributed by atoms with E-state index in [1.807, 2.05) is 42.3 Å². The molecular weight excluding hydrogens is 246 g/mol. The highest BCUT2D eigenvalue weighted by Crippen LogP contribution is 2.21. The van der Waals surface area contributed by atoms with Gasteiger partial charge in [0.15, 0.2) is 0 Å². The SMILES string of the molecule is C[C@H](NCCc1cnn(C)c1)c1ccccc1Cl. The van der Waals surface area contributed by atoms with E-state index in [1.54, 1.807) is 0 Å². The predicted octanol–water partition coefficient (Wildman–Crippen LogP) is 2.97. The lowest BCUT2D eigenvalue weighted by atomic mass is 10.1. The van der Waals surface area contributed by atoms with Crippen LogP contribution >= 0.6 is 11.6 Å². The summed E-state index contributed by atoms with van der Waals surface area (Å²) in [6.07, 6.45) is 4.92. The fourth-order valence-corrected chi connectivity index (χ4v) is 2.27. The molecule has 0 saturated heterocycles. The first-order valence-corrected chi connectivity index (χ1v) is 6.50. The number of aryl methyl sites for hydroxylation is 1. The quantitative estimate of drug-likeness (QED) is 0.899. The summed E-state index contributed by atoms with van der Waals surface area (Å²) in [6.45, 7) is 3.04. The van der Waals surface area contributed by atoms with E-state index < -0.39 is 0 Å². The maximum Gasteiger partial charge on any atom is 0.0522 e. The summed E-state index contributed by atoms with van der Waals surface area (Å²) in [6, 6.07) is 8.21. The Hall–Kier alpha value is -1.32. The third-order valence-electron chi connectivity index (χ3n) is 2.99. The van der Waals surface area contributed by atoms with Crippen molar-refractivity contribution < 1.29 is 0 Å². The molecular formula is C14H18ClN3. The van der Waals surface area contributed by atoms with Crippen molar-refractivity contribution in [2.75, 3.05) is 6.54 Å². The molecule has 1 atom stereocenters. The van der Waals surface area contributed by atoms with Crippen LogP contribution in [0, 0.1) is 0 Å². The molecule has 2 aromatic rings. The normalized spacial score (nSPS) is 12.6. The molecule has 0 aliphatic carbocycles. The van der Waals surface area contributed by atoms with Crippen LogP contribution in [0.4, 0.5) is 0 Å². The van der Waals surface area contributed by atoms with Crippen LogP contribution in [-0.2, 0) is 13.5 Å². The summed E-state index contributed by atoms with van der Waals surface area (Å²) in [4.78, 5) is 0. The van der Waals surface area contributed by atoms with Gasteiger partial charge in [-0.2, -0.15) is 5.10 Å². The molecule has 1 aromatic carbocycles. The Kier molecular flexibility index (Phi) is 4.39. The number of hydrogen-bond donors (Lipinski definition) is 1. The largest absolute Gasteiger partial charge is 0.310 e. The van der Waals surface area contributed by atoms with Gasteiger partial charge in [0, 0.05) is 24.3 Å². The maximum absolute atomic E-state index is 6.17. The first-order chi connectivity index (χ1) is 8.66. The fraction of sp³-hybridized carbons (Fsp3) is 0.357. The molecule has 0 amide bonds. The summed E-state index contributed by atoms with van der Waals surface area (Å²) < 4.78 is 1.83. The summed E-state index contributed by atoms with van der Waals surface area (Å²) >= 11 is 6.17. The average Bonchev–Trinajstić information content (AvgIpc) is 2.75. The van der Waals surface area contributed by atoms with E-state index in [1.165, 1.54) is 5.56 Å². The molecule has 18 heavy (non-hydrogen) atoms. The van der Waals surface area contributed by atoms with Gasteiger partial charge in [0.1, 0.15) is 0 Å². The van der Waals surface area contributed by atoms with Crippen LogP contribution in [0.2, 0.25) is 5.02 Å². The molecule has 0 saturated carbocycles. The molecule has 3 nitrogen and oxygen atoms in total. The molecule has 0 radical (unpaired) electrons. The zero-order valence-corrected chi connectivity index (χ0v) is 11.5. The van der Waals surface area contributed by atoms with Gasteiger partial charge in [-0.25, -0.2) is 0 Å². The highest BCUT2D eigenvalue weighted by Gasteiger charge is 2.08. The molecule has 2 rings (SSSR count). The molecule has 1 heterocycles. The van der Waals surface area contributed by atoms with Gasteiger partial charge in [-0.1, -0.05) is 29.8 Å². The number of rotatable bonds is 5. The van der Waals surface area contributed by atoms with E-state index in [9.17, 15) is 0 Å². The number of benzene rings is 1. The van der Waals surface area contributed by atoms with E-state index in [0.717, 1.165) is 23.6 Å². The Morgan fingerprint density at radius 3 is 2.83 bits per heavy atom. The lowest BCUT2D eigenvalue weighted by molar-refractivity contribution is 0.577. The van der Waals surface area contributed by atoms with E-state index in [-0.39, 0.29) is 6.04 Å². The molecule has 1 aromatic heterocycles. The minimum Gasteiger partial charge on any atom is -0.310 e. The van der Waals surface area contributed by atoms with Crippen LogP contribution in [-0.4, -0.2) is 16.3 Å². The van der Waals surface area contributed by atoms with Gasteiger partial charge in [0.05, 0.1) is 6.20 Å². The monoisotopic (exact) mass is 263 g/mol. The Morgan fingerprint density at radius 2 is 2.17 bits per heavy atom. The summed E-state index contributed by atoms with van der Waals surface area (Å²) in [7, 11) is 1.93. The second-order valence-electron chi connectivity index (χ2n) is 4.47. The van der Waals surface area contributed by atoms with Gasteiger partial charge in [0.2, 0.25) is 0 Å².